The van der Waals surface area contributed by atoms with Crippen LogP contribution in [0.5, 0.6) is 5.75 Å². The van der Waals surface area contributed by atoms with E-state index in [2.05, 4.69) is 10.1 Å². The maximum atomic E-state index is 12.3. The number of amides is 1. The highest BCUT2D eigenvalue weighted by Crippen LogP contribution is 2.29. The van der Waals surface area contributed by atoms with E-state index in [9.17, 15) is 22.0 Å². The van der Waals surface area contributed by atoms with Gasteiger partial charge >= 0.3 is 6.61 Å². The van der Waals surface area contributed by atoms with E-state index in [4.69, 9.17) is 11.6 Å². The molecule has 1 heterocycles. The quantitative estimate of drug-likeness (QED) is 0.849. The van der Waals surface area contributed by atoms with Gasteiger partial charge in [-0.25, -0.2) is 12.7 Å². The fourth-order valence-corrected chi connectivity index (χ4v) is 3.61. The summed E-state index contributed by atoms with van der Waals surface area (Å²) in [4.78, 5) is 12.3. The van der Waals surface area contributed by atoms with Gasteiger partial charge in [-0.3, -0.25) is 4.79 Å². The van der Waals surface area contributed by atoms with Gasteiger partial charge in [-0.1, -0.05) is 11.6 Å². The molecule has 1 atom stereocenters. The first-order chi connectivity index (χ1) is 11.2. The van der Waals surface area contributed by atoms with Crippen molar-refractivity contribution >= 4 is 33.2 Å². The predicted octanol–water partition coefficient (Wildman–Crippen LogP) is 2.55. The van der Waals surface area contributed by atoms with Gasteiger partial charge in [-0.15, -0.1) is 0 Å². The van der Waals surface area contributed by atoms with Crippen molar-refractivity contribution in [1.29, 1.82) is 0 Å². The molecule has 0 radical (unpaired) electrons. The van der Waals surface area contributed by atoms with Crippen LogP contribution in [-0.4, -0.2) is 44.6 Å². The first kappa shape index (κ1) is 18.9. The number of hydrogen-bond donors (Lipinski definition) is 1. The lowest BCUT2D eigenvalue weighted by Crippen LogP contribution is -2.43. The molecule has 24 heavy (non-hydrogen) atoms. The van der Waals surface area contributed by atoms with E-state index in [0.29, 0.717) is 25.1 Å². The van der Waals surface area contributed by atoms with Crippen molar-refractivity contribution in [3.05, 3.63) is 23.2 Å². The molecule has 1 saturated heterocycles. The van der Waals surface area contributed by atoms with E-state index in [-0.39, 0.29) is 23.2 Å². The van der Waals surface area contributed by atoms with Gasteiger partial charge in [0.05, 0.1) is 17.2 Å². The van der Waals surface area contributed by atoms with E-state index in [1.165, 1.54) is 22.5 Å². The molecular weight excluding hydrogens is 366 g/mol. The first-order valence-corrected chi connectivity index (χ1v) is 9.40. The highest BCUT2D eigenvalue weighted by atomic mass is 35.5. The Morgan fingerprint density at radius 3 is 2.75 bits per heavy atom. The number of nitrogens with one attached hydrogen (secondary N) is 1. The number of sulfonamides is 1. The number of piperidine rings is 1. The topological polar surface area (TPSA) is 75.7 Å². The van der Waals surface area contributed by atoms with Crippen LogP contribution in [0.4, 0.5) is 14.5 Å². The molecule has 1 aliphatic heterocycles. The zero-order valence-electron chi connectivity index (χ0n) is 12.8. The minimum Gasteiger partial charge on any atom is -0.433 e. The lowest BCUT2D eigenvalue weighted by Gasteiger charge is -2.30. The molecule has 0 saturated carbocycles. The van der Waals surface area contributed by atoms with Gasteiger partial charge in [0.25, 0.3) is 0 Å². The summed E-state index contributed by atoms with van der Waals surface area (Å²) in [5.74, 6) is -1.02. The number of benzene rings is 1. The number of nitrogens with zero attached hydrogens (tertiary/aromatic N) is 1. The number of hydrogen-bond acceptors (Lipinski definition) is 4. The summed E-state index contributed by atoms with van der Waals surface area (Å²) in [6.45, 7) is -2.48. The minimum absolute atomic E-state index is 0.0606. The van der Waals surface area contributed by atoms with E-state index < -0.39 is 22.6 Å². The molecule has 1 fully saturated rings. The SMILES string of the molecule is CS(=O)(=O)N1CCCC(C(=O)Nc2ccc(OC(F)F)c(Cl)c2)C1. The van der Waals surface area contributed by atoms with Gasteiger partial charge in [0, 0.05) is 18.8 Å². The third kappa shape index (κ3) is 5.02. The van der Waals surface area contributed by atoms with Crippen LogP contribution in [0.15, 0.2) is 18.2 Å². The van der Waals surface area contributed by atoms with Crippen molar-refractivity contribution in [2.75, 3.05) is 24.7 Å². The second-order valence-corrected chi connectivity index (χ2v) is 7.86. The van der Waals surface area contributed by atoms with E-state index in [1.54, 1.807) is 0 Å². The summed E-state index contributed by atoms with van der Waals surface area (Å²) >= 11 is 5.83. The molecule has 0 aliphatic carbocycles. The fraction of sp³-hybridized carbons (Fsp3) is 0.500. The zero-order chi connectivity index (χ0) is 17.9. The second-order valence-electron chi connectivity index (χ2n) is 5.47. The molecule has 0 spiro atoms. The maximum absolute atomic E-state index is 12.3. The monoisotopic (exact) mass is 382 g/mol. The van der Waals surface area contributed by atoms with Crippen molar-refractivity contribution in [2.45, 2.75) is 19.5 Å². The van der Waals surface area contributed by atoms with E-state index in [1.807, 2.05) is 0 Å². The van der Waals surface area contributed by atoms with Crippen molar-refractivity contribution in [2.24, 2.45) is 5.92 Å². The molecule has 0 bridgehead atoms. The van der Waals surface area contributed by atoms with Crippen molar-refractivity contribution < 1.29 is 26.7 Å². The third-order valence-electron chi connectivity index (χ3n) is 3.64. The molecule has 10 heteroatoms. The number of rotatable bonds is 5. The molecule has 1 aliphatic rings. The Balaban J connectivity index is 2.03. The molecule has 1 unspecified atom stereocenters. The number of anilines is 1. The van der Waals surface area contributed by atoms with Crippen LogP contribution in [0.3, 0.4) is 0 Å². The normalized spacial score (nSPS) is 19.3. The average molecular weight is 383 g/mol. The number of ether oxygens (including phenoxy) is 1. The van der Waals surface area contributed by atoms with Crippen LogP contribution < -0.4 is 10.1 Å². The van der Waals surface area contributed by atoms with Crippen molar-refractivity contribution in [1.82, 2.24) is 4.31 Å². The fourth-order valence-electron chi connectivity index (χ4n) is 2.47. The summed E-state index contributed by atoms with van der Waals surface area (Å²) in [7, 11) is -3.34. The molecule has 1 amide bonds. The van der Waals surface area contributed by atoms with Crippen LogP contribution >= 0.6 is 11.6 Å². The summed E-state index contributed by atoms with van der Waals surface area (Å²) in [6.07, 6.45) is 2.26. The number of halogens is 3. The highest BCUT2D eigenvalue weighted by molar-refractivity contribution is 7.88. The second kappa shape index (κ2) is 7.62. The maximum Gasteiger partial charge on any atom is 0.387 e. The molecule has 2 rings (SSSR count). The molecule has 6 nitrogen and oxygen atoms in total. The molecular formula is C14H17ClF2N2O4S. The van der Waals surface area contributed by atoms with Crippen LogP contribution in [-0.2, 0) is 14.8 Å². The van der Waals surface area contributed by atoms with Crippen molar-refractivity contribution in [3.8, 4) is 5.75 Å². The van der Waals surface area contributed by atoms with Crippen LogP contribution in [0.25, 0.3) is 0 Å². The Bertz CT molecular complexity index is 715. The highest BCUT2D eigenvalue weighted by Gasteiger charge is 2.30. The van der Waals surface area contributed by atoms with Gasteiger partial charge in [-0.05, 0) is 31.0 Å². The van der Waals surface area contributed by atoms with E-state index >= 15 is 0 Å². The Kier molecular flexibility index (Phi) is 6.00. The van der Waals surface area contributed by atoms with Gasteiger partial charge in [-0.2, -0.15) is 8.78 Å². The summed E-state index contributed by atoms with van der Waals surface area (Å²) < 4.78 is 53.0. The van der Waals surface area contributed by atoms with E-state index in [0.717, 1.165) is 6.26 Å². The summed E-state index contributed by atoms with van der Waals surface area (Å²) in [5.41, 5.74) is 0.322. The van der Waals surface area contributed by atoms with Crippen LogP contribution in [0.2, 0.25) is 5.02 Å². The molecule has 1 N–H and O–H groups in total. The summed E-state index contributed by atoms with van der Waals surface area (Å²) in [6, 6.07) is 3.92. The van der Waals surface area contributed by atoms with Gasteiger partial charge in [0.15, 0.2) is 0 Å². The molecule has 0 aromatic heterocycles. The lowest BCUT2D eigenvalue weighted by molar-refractivity contribution is -0.120. The predicted molar refractivity (Wildman–Crippen MR) is 85.9 cm³/mol. The van der Waals surface area contributed by atoms with Crippen LogP contribution in [0.1, 0.15) is 12.8 Å². The number of alkyl halides is 2. The Morgan fingerprint density at radius 1 is 1.46 bits per heavy atom. The molecule has 1 aromatic rings. The van der Waals surface area contributed by atoms with Crippen molar-refractivity contribution in [3.63, 3.8) is 0 Å². The Labute approximate surface area is 143 Å². The van der Waals surface area contributed by atoms with Crippen LogP contribution in [0, 0.1) is 5.92 Å². The first-order valence-electron chi connectivity index (χ1n) is 7.17. The average Bonchev–Trinajstić information content (AvgIpc) is 2.49. The van der Waals surface area contributed by atoms with Gasteiger partial charge < -0.3 is 10.1 Å². The number of carbonyl (C=O) groups is 1. The number of carbonyl (C=O) groups excluding carboxylic acids is 1. The smallest absolute Gasteiger partial charge is 0.387 e. The van der Waals surface area contributed by atoms with Gasteiger partial charge in [0.2, 0.25) is 15.9 Å². The zero-order valence-corrected chi connectivity index (χ0v) is 14.4. The van der Waals surface area contributed by atoms with Gasteiger partial charge in [0.1, 0.15) is 5.75 Å². The lowest BCUT2D eigenvalue weighted by atomic mass is 9.99. The largest absolute Gasteiger partial charge is 0.433 e. The Morgan fingerprint density at radius 2 is 2.17 bits per heavy atom. The molecule has 134 valence electrons. The third-order valence-corrected chi connectivity index (χ3v) is 5.20. The Hall–Kier alpha value is -1.45. The standard InChI is InChI=1S/C14H17ClF2N2O4S/c1-24(21,22)19-6-2-3-9(8-19)13(20)18-10-4-5-12(11(15)7-10)23-14(16)17/h4-5,7,9,14H,2-3,6,8H2,1H3,(H,18,20). The molecule has 1 aromatic carbocycles. The summed E-state index contributed by atoms with van der Waals surface area (Å²) in [5, 5.41) is 2.56. The minimum atomic E-state index is -3.34.